The SMILES string of the molecule is C#CC(CC)(CC)c1c[nH]c2c(NS(C)(=O)=O)cccc12. The molecule has 21 heavy (non-hydrogen) atoms. The number of fused-ring (bicyclic) bond motifs is 1. The predicted molar refractivity (Wildman–Crippen MR) is 87.9 cm³/mol. The van der Waals surface area contributed by atoms with Crippen LogP contribution in [0.2, 0.25) is 0 Å². The van der Waals surface area contributed by atoms with Crippen LogP contribution in [0.25, 0.3) is 10.9 Å². The second-order valence-corrected chi connectivity index (χ2v) is 6.99. The molecule has 112 valence electrons. The van der Waals surface area contributed by atoms with Gasteiger partial charge in [-0.3, -0.25) is 4.72 Å². The number of hydrogen-bond acceptors (Lipinski definition) is 2. The second kappa shape index (κ2) is 5.45. The fourth-order valence-corrected chi connectivity index (χ4v) is 3.32. The van der Waals surface area contributed by atoms with Crippen LogP contribution in [0.4, 0.5) is 5.69 Å². The molecule has 5 heteroatoms. The first kappa shape index (κ1) is 15.5. The number of H-pyrrole nitrogens is 1. The Hall–Kier alpha value is -1.93. The molecule has 1 aromatic heterocycles. The van der Waals surface area contributed by atoms with E-state index in [2.05, 4.69) is 29.5 Å². The lowest BCUT2D eigenvalue weighted by atomic mass is 9.76. The molecular formula is C16H20N2O2S. The van der Waals surface area contributed by atoms with E-state index in [9.17, 15) is 8.42 Å². The summed E-state index contributed by atoms with van der Waals surface area (Å²) in [5, 5.41) is 0.963. The first-order valence-corrected chi connectivity index (χ1v) is 8.82. The summed E-state index contributed by atoms with van der Waals surface area (Å²) in [6, 6.07) is 5.53. The third-order valence-electron chi connectivity index (χ3n) is 4.01. The van der Waals surface area contributed by atoms with Gasteiger partial charge in [-0.2, -0.15) is 0 Å². The maximum atomic E-state index is 11.5. The molecule has 1 heterocycles. The lowest BCUT2D eigenvalue weighted by Crippen LogP contribution is -2.21. The molecular weight excluding hydrogens is 284 g/mol. The summed E-state index contributed by atoms with van der Waals surface area (Å²) in [6.07, 6.45) is 10.5. The predicted octanol–water partition coefficient (Wildman–Crippen LogP) is 3.23. The molecule has 0 bridgehead atoms. The van der Waals surface area contributed by atoms with Crippen molar-refractivity contribution < 1.29 is 8.42 Å². The molecule has 0 unspecified atom stereocenters. The Morgan fingerprint density at radius 3 is 2.52 bits per heavy atom. The molecule has 4 nitrogen and oxygen atoms in total. The average molecular weight is 304 g/mol. The van der Waals surface area contributed by atoms with E-state index in [-0.39, 0.29) is 5.41 Å². The minimum atomic E-state index is -3.32. The molecule has 2 rings (SSSR count). The summed E-state index contributed by atoms with van der Waals surface area (Å²) in [5.41, 5.74) is 2.02. The van der Waals surface area contributed by atoms with Crippen LogP contribution in [0.1, 0.15) is 32.3 Å². The van der Waals surface area contributed by atoms with Crippen molar-refractivity contribution in [2.24, 2.45) is 0 Å². The molecule has 0 aliphatic heterocycles. The topological polar surface area (TPSA) is 62.0 Å². The van der Waals surface area contributed by atoms with Gasteiger partial charge in [0.2, 0.25) is 10.0 Å². The summed E-state index contributed by atoms with van der Waals surface area (Å²) in [5.74, 6) is 2.92. The summed E-state index contributed by atoms with van der Waals surface area (Å²) < 4.78 is 25.5. The lowest BCUT2D eigenvalue weighted by Gasteiger charge is -2.25. The molecule has 0 atom stereocenters. The van der Waals surface area contributed by atoms with Crippen LogP contribution in [0.5, 0.6) is 0 Å². The zero-order valence-electron chi connectivity index (χ0n) is 12.5. The van der Waals surface area contributed by atoms with Gasteiger partial charge in [-0.1, -0.05) is 31.9 Å². The highest BCUT2D eigenvalue weighted by molar-refractivity contribution is 7.92. The summed E-state index contributed by atoms with van der Waals surface area (Å²) in [6.45, 7) is 4.14. The van der Waals surface area contributed by atoms with Gasteiger partial charge in [-0.15, -0.1) is 6.42 Å². The Kier molecular flexibility index (Phi) is 4.02. The van der Waals surface area contributed by atoms with E-state index in [0.29, 0.717) is 5.69 Å². The molecule has 0 saturated heterocycles. The quantitative estimate of drug-likeness (QED) is 0.833. The van der Waals surface area contributed by atoms with E-state index in [1.165, 1.54) is 0 Å². The van der Waals surface area contributed by atoms with Crippen LogP contribution in [-0.2, 0) is 15.4 Å². The normalized spacial score (nSPS) is 12.3. The van der Waals surface area contributed by atoms with Gasteiger partial charge in [0.05, 0.1) is 22.9 Å². The minimum Gasteiger partial charge on any atom is -0.359 e. The van der Waals surface area contributed by atoms with Crippen molar-refractivity contribution in [2.75, 3.05) is 11.0 Å². The van der Waals surface area contributed by atoms with Crippen LogP contribution in [0, 0.1) is 12.3 Å². The van der Waals surface area contributed by atoms with Crippen LogP contribution < -0.4 is 4.72 Å². The molecule has 0 saturated carbocycles. The number of aromatic nitrogens is 1. The van der Waals surface area contributed by atoms with Gasteiger partial charge in [0.25, 0.3) is 0 Å². The molecule has 1 aromatic carbocycles. The Balaban J connectivity index is 2.66. The van der Waals surface area contributed by atoms with E-state index in [4.69, 9.17) is 6.42 Å². The summed E-state index contributed by atoms with van der Waals surface area (Å²) in [4.78, 5) is 3.17. The number of terminal acetylenes is 1. The van der Waals surface area contributed by atoms with E-state index in [0.717, 1.165) is 35.6 Å². The number of aromatic amines is 1. The Bertz CT molecular complexity index is 793. The third kappa shape index (κ3) is 2.77. The molecule has 2 aromatic rings. The van der Waals surface area contributed by atoms with Gasteiger partial charge < -0.3 is 4.98 Å². The van der Waals surface area contributed by atoms with Gasteiger partial charge >= 0.3 is 0 Å². The van der Waals surface area contributed by atoms with E-state index < -0.39 is 10.0 Å². The van der Waals surface area contributed by atoms with E-state index in [1.807, 2.05) is 18.3 Å². The number of hydrogen-bond donors (Lipinski definition) is 2. The fourth-order valence-electron chi connectivity index (χ4n) is 2.75. The first-order chi connectivity index (χ1) is 9.87. The smallest absolute Gasteiger partial charge is 0.229 e. The Morgan fingerprint density at radius 1 is 1.33 bits per heavy atom. The molecule has 0 amide bonds. The first-order valence-electron chi connectivity index (χ1n) is 6.93. The zero-order valence-corrected chi connectivity index (χ0v) is 13.3. The van der Waals surface area contributed by atoms with Crippen molar-refractivity contribution in [3.8, 4) is 12.3 Å². The number of anilines is 1. The highest BCUT2D eigenvalue weighted by atomic mass is 32.2. The lowest BCUT2D eigenvalue weighted by molar-refractivity contribution is 0.522. The van der Waals surface area contributed by atoms with Crippen molar-refractivity contribution in [3.63, 3.8) is 0 Å². The Morgan fingerprint density at radius 2 is 2.00 bits per heavy atom. The standard InChI is InChI=1S/C16H20N2O2S/c1-5-16(6-2,7-3)13-11-17-15-12(13)9-8-10-14(15)18-21(4,19)20/h1,8-11,17-18H,6-7H2,2-4H3. The summed E-state index contributed by atoms with van der Waals surface area (Å²) in [7, 11) is -3.32. The molecule has 0 spiro atoms. The molecule has 0 aliphatic carbocycles. The van der Waals surface area contributed by atoms with Crippen LogP contribution in [-0.4, -0.2) is 19.7 Å². The van der Waals surface area contributed by atoms with Gasteiger partial charge in [0.1, 0.15) is 0 Å². The van der Waals surface area contributed by atoms with Crippen molar-refractivity contribution in [1.82, 2.24) is 4.98 Å². The maximum Gasteiger partial charge on any atom is 0.229 e. The Labute approximate surface area is 126 Å². The van der Waals surface area contributed by atoms with Crippen molar-refractivity contribution in [3.05, 3.63) is 30.0 Å². The van der Waals surface area contributed by atoms with E-state index in [1.54, 1.807) is 6.07 Å². The number of benzene rings is 1. The fraction of sp³-hybridized carbons (Fsp3) is 0.375. The number of rotatable bonds is 5. The average Bonchev–Trinajstić information content (AvgIpc) is 2.86. The second-order valence-electron chi connectivity index (χ2n) is 5.24. The van der Waals surface area contributed by atoms with Crippen LogP contribution in [0.15, 0.2) is 24.4 Å². The molecule has 2 N–H and O–H groups in total. The van der Waals surface area contributed by atoms with Gasteiger partial charge in [0, 0.05) is 11.6 Å². The van der Waals surface area contributed by atoms with Gasteiger partial charge in [-0.05, 0) is 24.5 Å². The zero-order chi connectivity index (χ0) is 15.7. The summed E-state index contributed by atoms with van der Waals surface area (Å²) >= 11 is 0. The maximum absolute atomic E-state index is 11.5. The van der Waals surface area contributed by atoms with Crippen molar-refractivity contribution in [1.29, 1.82) is 0 Å². The van der Waals surface area contributed by atoms with Crippen molar-refractivity contribution in [2.45, 2.75) is 32.1 Å². The number of nitrogens with one attached hydrogen (secondary N) is 2. The van der Waals surface area contributed by atoms with Crippen LogP contribution in [0.3, 0.4) is 0 Å². The monoisotopic (exact) mass is 304 g/mol. The minimum absolute atomic E-state index is 0.331. The largest absolute Gasteiger partial charge is 0.359 e. The van der Waals surface area contributed by atoms with E-state index >= 15 is 0 Å². The molecule has 0 aliphatic rings. The highest BCUT2D eigenvalue weighted by Gasteiger charge is 2.29. The number of sulfonamides is 1. The molecule has 0 fully saturated rings. The third-order valence-corrected chi connectivity index (χ3v) is 4.60. The van der Waals surface area contributed by atoms with Crippen molar-refractivity contribution >= 4 is 26.6 Å². The number of para-hydroxylation sites is 1. The molecule has 0 radical (unpaired) electrons. The highest BCUT2D eigenvalue weighted by Crippen LogP contribution is 2.37. The van der Waals surface area contributed by atoms with Gasteiger partial charge in [-0.25, -0.2) is 8.42 Å². The van der Waals surface area contributed by atoms with Crippen LogP contribution >= 0.6 is 0 Å². The van der Waals surface area contributed by atoms with Gasteiger partial charge in [0.15, 0.2) is 0 Å².